The van der Waals surface area contributed by atoms with Crippen LogP contribution in [0.2, 0.25) is 0 Å². The Labute approximate surface area is 158 Å². The SMILES string of the molecule is COc1ccccc1N1CCN(c2cc(F)cc(-c3cccnc3)c2)CC1. The molecule has 0 spiro atoms. The molecule has 0 unspecified atom stereocenters. The van der Waals surface area contributed by atoms with Gasteiger partial charge in [-0.15, -0.1) is 0 Å². The van der Waals surface area contributed by atoms with E-state index in [1.165, 1.54) is 0 Å². The Morgan fingerprint density at radius 3 is 2.41 bits per heavy atom. The Balaban J connectivity index is 1.52. The van der Waals surface area contributed by atoms with E-state index in [-0.39, 0.29) is 5.82 Å². The van der Waals surface area contributed by atoms with Gasteiger partial charge in [-0.2, -0.15) is 0 Å². The molecule has 1 aliphatic heterocycles. The third kappa shape index (κ3) is 3.72. The maximum atomic E-state index is 14.2. The summed E-state index contributed by atoms with van der Waals surface area (Å²) in [6, 6.07) is 17.1. The van der Waals surface area contributed by atoms with Crippen LogP contribution in [0.3, 0.4) is 0 Å². The number of nitrogens with zero attached hydrogens (tertiary/aromatic N) is 3. The second kappa shape index (κ2) is 7.66. The highest BCUT2D eigenvalue weighted by molar-refractivity contribution is 5.68. The summed E-state index contributed by atoms with van der Waals surface area (Å²) in [5.74, 6) is 0.661. The summed E-state index contributed by atoms with van der Waals surface area (Å²) in [6.45, 7) is 3.38. The molecule has 4 rings (SSSR count). The second-order valence-corrected chi connectivity index (χ2v) is 6.59. The number of benzene rings is 2. The standard InChI is InChI=1S/C22H22FN3O/c1-27-22-7-3-2-6-21(22)26-11-9-25(10-12-26)20-14-18(13-19(23)15-20)17-5-4-8-24-16-17/h2-8,13-16H,9-12H2,1H3. The average molecular weight is 363 g/mol. The van der Waals surface area contributed by atoms with Gasteiger partial charge in [0.15, 0.2) is 0 Å². The van der Waals surface area contributed by atoms with Gasteiger partial charge in [-0.25, -0.2) is 4.39 Å². The van der Waals surface area contributed by atoms with E-state index >= 15 is 0 Å². The van der Waals surface area contributed by atoms with Crippen LogP contribution < -0.4 is 14.5 Å². The molecule has 1 aromatic heterocycles. The first-order chi connectivity index (χ1) is 13.2. The lowest BCUT2D eigenvalue weighted by Gasteiger charge is -2.38. The number of hydrogen-bond acceptors (Lipinski definition) is 4. The van der Waals surface area contributed by atoms with Crippen molar-refractivity contribution < 1.29 is 9.13 Å². The molecular formula is C22H22FN3O. The van der Waals surface area contributed by atoms with Crippen LogP contribution in [0.5, 0.6) is 5.75 Å². The number of piperazine rings is 1. The minimum Gasteiger partial charge on any atom is -0.495 e. The van der Waals surface area contributed by atoms with Gasteiger partial charge in [0.2, 0.25) is 0 Å². The average Bonchev–Trinajstić information content (AvgIpc) is 2.74. The van der Waals surface area contributed by atoms with Crippen molar-refractivity contribution in [2.45, 2.75) is 0 Å². The van der Waals surface area contributed by atoms with Crippen molar-refractivity contribution >= 4 is 11.4 Å². The van der Waals surface area contributed by atoms with E-state index in [1.807, 2.05) is 36.4 Å². The van der Waals surface area contributed by atoms with E-state index in [4.69, 9.17) is 4.74 Å². The minimum absolute atomic E-state index is 0.224. The number of pyridine rings is 1. The van der Waals surface area contributed by atoms with Gasteiger partial charge in [0.1, 0.15) is 11.6 Å². The third-order valence-electron chi connectivity index (χ3n) is 4.95. The van der Waals surface area contributed by atoms with Crippen molar-refractivity contribution in [1.82, 2.24) is 4.98 Å². The zero-order valence-corrected chi connectivity index (χ0v) is 15.3. The molecule has 0 saturated carbocycles. The van der Waals surface area contributed by atoms with E-state index in [2.05, 4.69) is 20.9 Å². The molecule has 2 aromatic carbocycles. The normalized spacial score (nSPS) is 14.3. The van der Waals surface area contributed by atoms with E-state index in [0.29, 0.717) is 0 Å². The number of ether oxygens (including phenoxy) is 1. The molecule has 0 atom stereocenters. The van der Waals surface area contributed by atoms with Crippen molar-refractivity contribution in [3.8, 4) is 16.9 Å². The molecule has 1 fully saturated rings. The summed E-state index contributed by atoms with van der Waals surface area (Å²) < 4.78 is 19.7. The Morgan fingerprint density at radius 1 is 0.889 bits per heavy atom. The Morgan fingerprint density at radius 2 is 1.67 bits per heavy atom. The summed E-state index contributed by atoms with van der Waals surface area (Å²) >= 11 is 0. The smallest absolute Gasteiger partial charge is 0.142 e. The van der Waals surface area contributed by atoms with Gasteiger partial charge in [0.05, 0.1) is 12.8 Å². The molecule has 1 aliphatic rings. The van der Waals surface area contributed by atoms with Gasteiger partial charge < -0.3 is 14.5 Å². The second-order valence-electron chi connectivity index (χ2n) is 6.59. The number of rotatable bonds is 4. The van der Waals surface area contributed by atoms with Crippen LogP contribution in [0.25, 0.3) is 11.1 Å². The van der Waals surface area contributed by atoms with Gasteiger partial charge in [-0.05, 0) is 42.0 Å². The predicted molar refractivity (Wildman–Crippen MR) is 107 cm³/mol. The minimum atomic E-state index is -0.224. The van der Waals surface area contributed by atoms with Crippen molar-refractivity contribution in [1.29, 1.82) is 0 Å². The Bertz CT molecular complexity index is 908. The largest absolute Gasteiger partial charge is 0.495 e. The highest BCUT2D eigenvalue weighted by Gasteiger charge is 2.20. The van der Waals surface area contributed by atoms with Gasteiger partial charge in [0.25, 0.3) is 0 Å². The number of halogens is 1. The van der Waals surface area contributed by atoms with Crippen molar-refractivity contribution in [3.63, 3.8) is 0 Å². The maximum absolute atomic E-state index is 14.2. The van der Waals surface area contributed by atoms with Crippen molar-refractivity contribution in [3.05, 3.63) is 72.8 Å². The summed E-state index contributed by atoms with van der Waals surface area (Å²) in [5, 5.41) is 0. The molecule has 4 nitrogen and oxygen atoms in total. The molecule has 0 radical (unpaired) electrons. The van der Waals surface area contributed by atoms with Gasteiger partial charge in [-0.1, -0.05) is 18.2 Å². The molecule has 138 valence electrons. The summed E-state index contributed by atoms with van der Waals surface area (Å²) in [4.78, 5) is 8.69. The van der Waals surface area contributed by atoms with Crippen LogP contribution >= 0.6 is 0 Å². The number of anilines is 2. The third-order valence-corrected chi connectivity index (χ3v) is 4.95. The number of hydrogen-bond donors (Lipinski definition) is 0. The molecule has 2 heterocycles. The topological polar surface area (TPSA) is 28.6 Å². The first-order valence-corrected chi connectivity index (χ1v) is 9.08. The summed E-state index contributed by atoms with van der Waals surface area (Å²) in [7, 11) is 1.70. The Hall–Kier alpha value is -3.08. The lowest BCUT2D eigenvalue weighted by Crippen LogP contribution is -2.46. The van der Waals surface area contributed by atoms with Crippen LogP contribution in [0.4, 0.5) is 15.8 Å². The monoisotopic (exact) mass is 363 g/mol. The molecule has 0 aliphatic carbocycles. The quantitative estimate of drug-likeness (QED) is 0.694. The van der Waals surface area contributed by atoms with Crippen LogP contribution in [-0.4, -0.2) is 38.3 Å². The van der Waals surface area contributed by atoms with Crippen LogP contribution in [-0.2, 0) is 0 Å². The van der Waals surface area contributed by atoms with Gasteiger partial charge in [-0.3, -0.25) is 4.98 Å². The summed E-state index contributed by atoms with van der Waals surface area (Å²) in [6.07, 6.45) is 3.49. The molecular weight excluding hydrogens is 341 g/mol. The van der Waals surface area contributed by atoms with Crippen LogP contribution in [0, 0.1) is 5.82 Å². The van der Waals surface area contributed by atoms with Gasteiger partial charge in [0, 0.05) is 49.8 Å². The maximum Gasteiger partial charge on any atom is 0.142 e. The fraction of sp³-hybridized carbons (Fsp3) is 0.227. The predicted octanol–water partition coefficient (Wildman–Crippen LogP) is 4.22. The first kappa shape index (κ1) is 17.3. The number of aromatic nitrogens is 1. The fourth-order valence-corrected chi connectivity index (χ4v) is 3.55. The highest BCUT2D eigenvalue weighted by Crippen LogP contribution is 2.30. The molecule has 3 aromatic rings. The molecule has 0 bridgehead atoms. The molecule has 5 heteroatoms. The Kier molecular flexibility index (Phi) is 4.92. The zero-order valence-electron chi connectivity index (χ0n) is 15.3. The van der Waals surface area contributed by atoms with Crippen LogP contribution in [0.15, 0.2) is 67.0 Å². The number of methoxy groups -OCH3 is 1. The first-order valence-electron chi connectivity index (χ1n) is 9.08. The van der Waals surface area contributed by atoms with Gasteiger partial charge >= 0.3 is 0 Å². The lowest BCUT2D eigenvalue weighted by atomic mass is 10.1. The molecule has 0 amide bonds. The van der Waals surface area contributed by atoms with Crippen LogP contribution in [0.1, 0.15) is 0 Å². The van der Waals surface area contributed by atoms with E-state index in [9.17, 15) is 4.39 Å². The van der Waals surface area contributed by atoms with Crippen molar-refractivity contribution in [2.24, 2.45) is 0 Å². The van der Waals surface area contributed by atoms with E-state index in [0.717, 1.165) is 54.4 Å². The molecule has 0 N–H and O–H groups in total. The molecule has 1 saturated heterocycles. The highest BCUT2D eigenvalue weighted by atomic mass is 19.1. The van der Waals surface area contributed by atoms with E-state index in [1.54, 1.807) is 31.6 Å². The van der Waals surface area contributed by atoms with E-state index < -0.39 is 0 Å². The lowest BCUT2D eigenvalue weighted by molar-refractivity contribution is 0.413. The summed E-state index contributed by atoms with van der Waals surface area (Å²) in [5.41, 5.74) is 3.79. The fourth-order valence-electron chi connectivity index (χ4n) is 3.55. The van der Waals surface area contributed by atoms with Crippen molar-refractivity contribution in [2.75, 3.05) is 43.1 Å². The molecule has 27 heavy (non-hydrogen) atoms. The number of para-hydroxylation sites is 2. The zero-order chi connectivity index (χ0) is 18.6.